The van der Waals surface area contributed by atoms with Crippen LogP contribution in [0.3, 0.4) is 0 Å². The number of hydrogen-bond donors (Lipinski definition) is 1. The van der Waals surface area contributed by atoms with E-state index < -0.39 is 51.0 Å². The van der Waals surface area contributed by atoms with Crippen molar-refractivity contribution in [1.29, 1.82) is 5.26 Å². The molecule has 8 nitrogen and oxygen atoms in total. The first-order valence-corrected chi connectivity index (χ1v) is 14.4. The number of ketones is 1. The minimum Gasteiger partial charge on any atom is -0.404 e. The summed E-state index contributed by atoms with van der Waals surface area (Å²) in [5.41, 5.74) is 4.35. The molecule has 43 heavy (non-hydrogen) atoms. The Morgan fingerprint density at radius 3 is 2.56 bits per heavy atom. The van der Waals surface area contributed by atoms with E-state index in [0.29, 0.717) is 28.6 Å². The van der Waals surface area contributed by atoms with Crippen LogP contribution in [0.25, 0.3) is 0 Å². The van der Waals surface area contributed by atoms with E-state index in [-0.39, 0.29) is 29.8 Å². The zero-order valence-corrected chi connectivity index (χ0v) is 23.2. The molecule has 2 aliphatic rings. The number of nitrogens with two attached hydrogens (primary N) is 1. The van der Waals surface area contributed by atoms with Crippen LogP contribution in [0.4, 0.5) is 23.2 Å². The van der Waals surface area contributed by atoms with E-state index in [1.54, 1.807) is 6.08 Å². The van der Waals surface area contributed by atoms with Gasteiger partial charge >= 0.3 is 6.18 Å². The first kappa shape index (κ1) is 29.8. The SMILES string of the molecule is N#Cc1cccc(S(=O)(=O)N2CCC3=CC(=Nc4ccc(F)cc4)/C(=C\N)C[C@]3(C(=O)c3cc(C(F)(F)F)ccn3)C2)c1. The molecule has 13 heteroatoms. The lowest BCUT2D eigenvalue weighted by atomic mass is 9.64. The number of nitrogens with zero attached hydrogens (tertiary/aromatic N) is 4. The minimum atomic E-state index is -4.74. The molecule has 0 bridgehead atoms. The Morgan fingerprint density at radius 2 is 1.88 bits per heavy atom. The lowest BCUT2D eigenvalue weighted by Crippen LogP contribution is -2.53. The molecule has 1 fully saturated rings. The predicted octanol–water partition coefficient (Wildman–Crippen LogP) is 5.32. The van der Waals surface area contributed by atoms with Crippen LogP contribution in [-0.4, -0.2) is 42.3 Å². The molecule has 1 atom stereocenters. The number of alkyl halides is 3. The number of nitriles is 1. The molecule has 0 spiro atoms. The van der Waals surface area contributed by atoms with Crippen LogP contribution in [0.1, 0.15) is 34.5 Å². The zero-order valence-electron chi connectivity index (χ0n) is 22.3. The molecule has 5 rings (SSSR count). The van der Waals surface area contributed by atoms with Crippen LogP contribution in [0.2, 0.25) is 0 Å². The normalized spacial score (nSPS) is 21.2. The molecule has 2 heterocycles. The van der Waals surface area contributed by atoms with E-state index in [0.717, 1.165) is 16.6 Å². The summed E-state index contributed by atoms with van der Waals surface area (Å²) in [7, 11) is -4.23. The van der Waals surface area contributed by atoms with Crippen molar-refractivity contribution >= 4 is 27.2 Å². The first-order chi connectivity index (χ1) is 20.4. The highest BCUT2D eigenvalue weighted by Gasteiger charge is 2.52. The van der Waals surface area contributed by atoms with Crippen LogP contribution in [0.5, 0.6) is 0 Å². The number of Topliss-reactive ketones (excluding diaryl/α,β-unsaturated/α-hetero) is 1. The summed E-state index contributed by atoms with van der Waals surface area (Å²) in [6.07, 6.45) is -1.22. The van der Waals surface area contributed by atoms with Gasteiger partial charge in [0.1, 0.15) is 11.5 Å². The van der Waals surface area contributed by atoms with Gasteiger partial charge in [-0.2, -0.15) is 22.7 Å². The van der Waals surface area contributed by atoms with Crippen molar-refractivity contribution in [3.8, 4) is 6.07 Å². The predicted molar refractivity (Wildman–Crippen MR) is 149 cm³/mol. The van der Waals surface area contributed by atoms with Crippen LogP contribution >= 0.6 is 0 Å². The molecular formula is C30H23F4N5O3S. The van der Waals surface area contributed by atoms with Crippen molar-refractivity contribution in [3.63, 3.8) is 0 Å². The number of aromatic nitrogens is 1. The number of carbonyl (C=O) groups is 1. The highest BCUT2D eigenvalue weighted by molar-refractivity contribution is 7.89. The summed E-state index contributed by atoms with van der Waals surface area (Å²) >= 11 is 0. The molecule has 220 valence electrons. The maximum atomic E-state index is 14.2. The van der Waals surface area contributed by atoms with Crippen molar-refractivity contribution in [3.05, 3.63) is 113 Å². The monoisotopic (exact) mass is 609 g/mol. The first-order valence-electron chi connectivity index (χ1n) is 12.9. The quantitative estimate of drug-likeness (QED) is 0.308. The Hall–Kier alpha value is -4.67. The summed E-state index contributed by atoms with van der Waals surface area (Å²) in [4.78, 5) is 22.5. The Morgan fingerprint density at radius 1 is 1.14 bits per heavy atom. The van der Waals surface area contributed by atoms with Gasteiger partial charge in [-0.15, -0.1) is 0 Å². The third-order valence-electron chi connectivity index (χ3n) is 7.46. The zero-order chi connectivity index (χ0) is 31.0. The number of rotatable bonds is 5. The summed E-state index contributed by atoms with van der Waals surface area (Å²) in [6.45, 7) is -0.475. The van der Waals surface area contributed by atoms with Crippen LogP contribution in [-0.2, 0) is 16.2 Å². The molecule has 1 saturated heterocycles. The molecule has 0 amide bonds. The van der Waals surface area contributed by atoms with E-state index in [2.05, 4.69) is 9.98 Å². The van der Waals surface area contributed by atoms with E-state index in [9.17, 15) is 36.0 Å². The topological polar surface area (TPSA) is 130 Å². The fraction of sp³-hybridized carbons (Fsp3) is 0.200. The third-order valence-corrected chi connectivity index (χ3v) is 9.30. The smallest absolute Gasteiger partial charge is 0.404 e. The van der Waals surface area contributed by atoms with Gasteiger partial charge in [0.05, 0.1) is 38.9 Å². The molecule has 0 saturated carbocycles. The third kappa shape index (κ3) is 5.71. The fourth-order valence-corrected chi connectivity index (χ4v) is 6.82. The summed E-state index contributed by atoms with van der Waals surface area (Å²) in [6, 6.07) is 14.0. The highest BCUT2D eigenvalue weighted by atomic mass is 32.2. The Labute approximate surface area is 244 Å². The van der Waals surface area contributed by atoms with Gasteiger partial charge in [-0.25, -0.2) is 17.8 Å². The Balaban J connectivity index is 1.65. The molecule has 1 aliphatic heterocycles. The Kier molecular flexibility index (Phi) is 7.76. The number of hydrogen-bond acceptors (Lipinski definition) is 7. The number of sulfonamides is 1. The molecule has 2 N–H and O–H groups in total. The standard InChI is InChI=1S/C30H23F4N5O3S/c31-23-4-6-24(7-5-23)38-26-13-21-9-11-39(43(41,42)25-3-1-2-19(12-25)16-35)18-29(21,15-20(26)17-36)28(40)27-14-22(8-10-37-27)30(32,33)34/h1-8,10,12-14,17H,9,11,15,18,36H2/b20-17-,38-26?/t29-/m0/s1. The van der Waals surface area contributed by atoms with Gasteiger partial charge in [0.25, 0.3) is 0 Å². The van der Waals surface area contributed by atoms with Gasteiger partial charge < -0.3 is 5.73 Å². The second kappa shape index (κ2) is 11.2. The lowest BCUT2D eigenvalue weighted by molar-refractivity contribution is -0.137. The van der Waals surface area contributed by atoms with Gasteiger partial charge in [0.2, 0.25) is 10.0 Å². The number of pyridine rings is 1. The minimum absolute atomic E-state index is 0.0438. The van der Waals surface area contributed by atoms with Crippen molar-refractivity contribution < 1.29 is 30.8 Å². The maximum absolute atomic E-state index is 14.2. The largest absolute Gasteiger partial charge is 0.416 e. The number of carbonyl (C=O) groups excluding carboxylic acids is 1. The second-order valence-corrected chi connectivity index (χ2v) is 12.0. The van der Waals surface area contributed by atoms with Crippen molar-refractivity contribution in [1.82, 2.24) is 9.29 Å². The molecular weight excluding hydrogens is 586 g/mol. The van der Waals surface area contributed by atoms with Gasteiger partial charge in [0, 0.05) is 19.3 Å². The van der Waals surface area contributed by atoms with Crippen LogP contribution < -0.4 is 5.73 Å². The van der Waals surface area contributed by atoms with E-state index in [4.69, 9.17) is 5.73 Å². The molecule has 1 aromatic heterocycles. The van der Waals surface area contributed by atoms with Crippen LogP contribution in [0.15, 0.2) is 100 Å². The lowest BCUT2D eigenvalue weighted by Gasteiger charge is -2.45. The molecule has 0 unspecified atom stereocenters. The van der Waals surface area contributed by atoms with Gasteiger partial charge in [-0.1, -0.05) is 11.6 Å². The van der Waals surface area contributed by atoms with Crippen LogP contribution in [0, 0.1) is 22.6 Å². The average Bonchev–Trinajstić information content (AvgIpc) is 3.00. The van der Waals surface area contributed by atoms with Crippen molar-refractivity contribution in [2.24, 2.45) is 16.1 Å². The van der Waals surface area contributed by atoms with Gasteiger partial charge in [0.15, 0.2) is 5.78 Å². The maximum Gasteiger partial charge on any atom is 0.416 e. The second-order valence-electron chi connectivity index (χ2n) is 10.1. The number of benzene rings is 2. The van der Waals surface area contributed by atoms with Gasteiger partial charge in [-0.3, -0.25) is 9.78 Å². The molecule has 3 aromatic rings. The summed E-state index contributed by atoms with van der Waals surface area (Å²) in [5, 5.41) is 9.27. The van der Waals surface area contributed by atoms with E-state index in [1.165, 1.54) is 54.7 Å². The number of halogens is 4. The van der Waals surface area contributed by atoms with Gasteiger partial charge in [-0.05, 0) is 85.3 Å². The van der Waals surface area contributed by atoms with E-state index in [1.807, 2.05) is 6.07 Å². The average molecular weight is 610 g/mol. The summed E-state index contributed by atoms with van der Waals surface area (Å²) < 4.78 is 82.6. The molecule has 2 aromatic carbocycles. The number of piperidine rings is 1. The van der Waals surface area contributed by atoms with Crippen molar-refractivity contribution in [2.45, 2.75) is 23.9 Å². The number of allylic oxidation sites excluding steroid dienone is 2. The molecule has 1 aliphatic carbocycles. The number of fused-ring (bicyclic) bond motifs is 1. The molecule has 0 radical (unpaired) electrons. The highest BCUT2D eigenvalue weighted by Crippen LogP contribution is 2.48. The fourth-order valence-electron chi connectivity index (χ4n) is 5.28. The van der Waals surface area contributed by atoms with Crippen molar-refractivity contribution in [2.75, 3.05) is 13.1 Å². The van der Waals surface area contributed by atoms with E-state index >= 15 is 0 Å². The summed E-state index contributed by atoms with van der Waals surface area (Å²) in [5.74, 6) is -1.27. The number of aliphatic imine (C=N–C) groups is 1. The Bertz CT molecular complexity index is 1840.